The molecule has 0 radical (unpaired) electrons. The van der Waals surface area contributed by atoms with Gasteiger partial charge in [-0.3, -0.25) is 0 Å². The Kier molecular flexibility index (Phi) is 3.34. The second kappa shape index (κ2) is 5.45. The zero-order chi connectivity index (χ0) is 14.7. The quantitative estimate of drug-likeness (QED) is 0.732. The van der Waals surface area contributed by atoms with Crippen LogP contribution in [0.15, 0.2) is 47.1 Å². The van der Waals surface area contributed by atoms with E-state index in [0.29, 0.717) is 12.3 Å². The summed E-state index contributed by atoms with van der Waals surface area (Å²) in [5, 5.41) is 22.9. The third-order valence-electron chi connectivity index (χ3n) is 2.80. The van der Waals surface area contributed by atoms with Crippen LogP contribution in [-0.2, 0) is 6.54 Å². The minimum atomic E-state index is -1.08. The van der Waals surface area contributed by atoms with E-state index in [0.717, 1.165) is 11.4 Å². The Hall–Kier alpha value is -3.16. The monoisotopic (exact) mass is 285 g/mol. The number of aromatic nitrogens is 4. The minimum Gasteiger partial charge on any atom is -0.475 e. The van der Waals surface area contributed by atoms with Gasteiger partial charge in [-0.1, -0.05) is 6.07 Å². The third-order valence-corrected chi connectivity index (χ3v) is 2.80. The summed E-state index contributed by atoms with van der Waals surface area (Å²) >= 11 is 0. The van der Waals surface area contributed by atoms with Crippen LogP contribution in [-0.4, -0.2) is 31.3 Å². The van der Waals surface area contributed by atoms with E-state index in [4.69, 9.17) is 9.52 Å². The zero-order valence-corrected chi connectivity index (χ0v) is 10.8. The van der Waals surface area contributed by atoms with E-state index in [2.05, 4.69) is 20.8 Å². The Labute approximate surface area is 119 Å². The van der Waals surface area contributed by atoms with E-state index in [1.54, 1.807) is 10.7 Å². The number of hydrogen-bond acceptors (Lipinski definition) is 6. The van der Waals surface area contributed by atoms with Crippen molar-refractivity contribution in [1.29, 1.82) is 0 Å². The van der Waals surface area contributed by atoms with Crippen LogP contribution in [0.4, 0.5) is 5.69 Å². The predicted molar refractivity (Wildman–Crippen MR) is 72.1 cm³/mol. The first kappa shape index (κ1) is 12.9. The van der Waals surface area contributed by atoms with Gasteiger partial charge < -0.3 is 14.8 Å². The molecule has 0 amide bonds. The van der Waals surface area contributed by atoms with Gasteiger partial charge in [-0.2, -0.15) is 0 Å². The van der Waals surface area contributed by atoms with Gasteiger partial charge in [0.15, 0.2) is 0 Å². The van der Waals surface area contributed by atoms with Crippen LogP contribution in [0, 0.1) is 0 Å². The lowest BCUT2D eigenvalue weighted by Gasteiger charge is -2.06. The minimum absolute atomic E-state index is 0.0748. The van der Waals surface area contributed by atoms with Crippen molar-refractivity contribution >= 4 is 11.7 Å². The summed E-state index contributed by atoms with van der Waals surface area (Å²) in [6.07, 6.45) is 1.50. The van der Waals surface area contributed by atoms with E-state index in [1.807, 2.05) is 24.3 Å². The molecule has 21 heavy (non-hydrogen) atoms. The molecule has 0 unspecified atom stereocenters. The number of hydrogen-bond donors (Lipinski definition) is 2. The van der Waals surface area contributed by atoms with Gasteiger partial charge in [0, 0.05) is 5.69 Å². The molecule has 0 spiro atoms. The van der Waals surface area contributed by atoms with Crippen LogP contribution in [0.1, 0.15) is 16.3 Å². The second-order valence-corrected chi connectivity index (χ2v) is 4.23. The Morgan fingerprint density at radius 2 is 2.24 bits per heavy atom. The van der Waals surface area contributed by atoms with Gasteiger partial charge in [0.25, 0.3) is 0 Å². The van der Waals surface area contributed by atoms with Crippen molar-refractivity contribution in [3.05, 3.63) is 54.2 Å². The van der Waals surface area contributed by atoms with Gasteiger partial charge in [-0.15, -0.1) is 5.10 Å². The van der Waals surface area contributed by atoms with Gasteiger partial charge in [-0.05, 0) is 40.8 Å². The van der Waals surface area contributed by atoms with Gasteiger partial charge in [0.1, 0.15) is 12.1 Å². The van der Waals surface area contributed by atoms with Crippen LogP contribution in [0.25, 0.3) is 5.69 Å². The fourth-order valence-electron chi connectivity index (χ4n) is 1.82. The Morgan fingerprint density at radius 3 is 2.95 bits per heavy atom. The molecule has 2 aromatic heterocycles. The highest BCUT2D eigenvalue weighted by molar-refractivity contribution is 5.84. The molecule has 3 rings (SSSR count). The molecule has 0 fully saturated rings. The first-order chi connectivity index (χ1) is 10.2. The zero-order valence-electron chi connectivity index (χ0n) is 10.8. The van der Waals surface area contributed by atoms with Crippen molar-refractivity contribution in [3.8, 4) is 5.69 Å². The Morgan fingerprint density at radius 1 is 1.33 bits per heavy atom. The second-order valence-electron chi connectivity index (χ2n) is 4.23. The molecule has 0 atom stereocenters. The van der Waals surface area contributed by atoms with Crippen molar-refractivity contribution in [3.63, 3.8) is 0 Å². The van der Waals surface area contributed by atoms with Crippen molar-refractivity contribution in [2.75, 3.05) is 5.32 Å². The summed E-state index contributed by atoms with van der Waals surface area (Å²) in [6.45, 7) is 0.381. The van der Waals surface area contributed by atoms with Crippen LogP contribution in [0.2, 0.25) is 0 Å². The summed E-state index contributed by atoms with van der Waals surface area (Å²) in [5.74, 6) is -0.614. The van der Waals surface area contributed by atoms with Crippen LogP contribution in [0.5, 0.6) is 0 Å². The maximum atomic E-state index is 10.7. The summed E-state index contributed by atoms with van der Waals surface area (Å²) in [5.41, 5.74) is 1.66. The molecule has 1 aromatic carbocycles. The van der Waals surface area contributed by atoms with Crippen molar-refractivity contribution in [1.82, 2.24) is 20.2 Å². The van der Waals surface area contributed by atoms with E-state index < -0.39 is 5.97 Å². The number of furan rings is 1. The number of carbonyl (C=O) groups is 1. The molecule has 106 valence electrons. The molecule has 0 saturated heterocycles. The molecule has 0 aliphatic carbocycles. The van der Waals surface area contributed by atoms with E-state index in [-0.39, 0.29) is 5.76 Å². The van der Waals surface area contributed by atoms with Crippen molar-refractivity contribution in [2.45, 2.75) is 6.54 Å². The van der Waals surface area contributed by atoms with E-state index >= 15 is 0 Å². The number of carboxylic acid groups (broad SMARTS) is 1. The molecule has 0 bridgehead atoms. The van der Waals surface area contributed by atoms with Gasteiger partial charge in [-0.25, -0.2) is 9.48 Å². The number of aromatic carboxylic acids is 1. The predicted octanol–water partition coefficient (Wildman–Crippen LogP) is 1.57. The van der Waals surface area contributed by atoms with Crippen LogP contribution in [0.3, 0.4) is 0 Å². The largest absolute Gasteiger partial charge is 0.475 e. The average Bonchev–Trinajstić information content (AvgIpc) is 3.17. The fraction of sp³-hybridized carbons (Fsp3) is 0.0769. The summed E-state index contributed by atoms with van der Waals surface area (Å²) < 4.78 is 6.71. The Bertz CT molecular complexity index is 751. The lowest BCUT2D eigenvalue weighted by molar-refractivity contribution is 0.0660. The lowest BCUT2D eigenvalue weighted by Crippen LogP contribution is -2.01. The molecule has 8 nitrogen and oxygen atoms in total. The molecule has 0 aliphatic heterocycles. The van der Waals surface area contributed by atoms with Gasteiger partial charge in [0.2, 0.25) is 5.76 Å². The standard InChI is InChI=1S/C13H11N5O3/c19-13(20)12-5-4-11(21-12)7-14-9-2-1-3-10(6-9)18-8-15-16-17-18/h1-6,8,14H,7H2,(H,19,20). The summed E-state index contributed by atoms with van der Waals surface area (Å²) in [6, 6.07) is 10.5. The maximum absolute atomic E-state index is 10.7. The number of nitrogens with zero attached hydrogens (tertiary/aromatic N) is 4. The van der Waals surface area contributed by atoms with E-state index in [1.165, 1.54) is 12.4 Å². The highest BCUT2D eigenvalue weighted by Crippen LogP contribution is 2.15. The summed E-state index contributed by atoms with van der Waals surface area (Å²) in [4.78, 5) is 10.7. The number of anilines is 1. The molecule has 3 aromatic rings. The van der Waals surface area contributed by atoms with Crippen molar-refractivity contribution < 1.29 is 14.3 Å². The molecule has 0 aliphatic rings. The molecule has 2 heterocycles. The van der Waals surface area contributed by atoms with E-state index in [9.17, 15) is 4.79 Å². The molecule has 0 saturated carbocycles. The lowest BCUT2D eigenvalue weighted by atomic mass is 10.2. The first-order valence-corrected chi connectivity index (χ1v) is 6.12. The Balaban J connectivity index is 1.70. The molecule has 8 heteroatoms. The number of tetrazole rings is 1. The highest BCUT2D eigenvalue weighted by Gasteiger charge is 2.08. The highest BCUT2D eigenvalue weighted by atomic mass is 16.4. The number of benzene rings is 1. The van der Waals surface area contributed by atoms with Crippen molar-refractivity contribution in [2.24, 2.45) is 0 Å². The van der Waals surface area contributed by atoms with Gasteiger partial charge in [0.05, 0.1) is 12.2 Å². The van der Waals surface area contributed by atoms with Crippen LogP contribution >= 0.6 is 0 Å². The smallest absolute Gasteiger partial charge is 0.371 e. The average molecular weight is 285 g/mol. The first-order valence-electron chi connectivity index (χ1n) is 6.12. The summed E-state index contributed by atoms with van der Waals surface area (Å²) in [7, 11) is 0. The topological polar surface area (TPSA) is 106 Å². The molecule has 2 N–H and O–H groups in total. The maximum Gasteiger partial charge on any atom is 0.371 e. The molecular weight excluding hydrogens is 274 g/mol. The molecular formula is C13H11N5O3. The number of rotatable bonds is 5. The van der Waals surface area contributed by atoms with Crippen LogP contribution < -0.4 is 5.32 Å². The fourth-order valence-corrected chi connectivity index (χ4v) is 1.82. The van der Waals surface area contributed by atoms with Gasteiger partial charge >= 0.3 is 5.97 Å². The normalized spacial score (nSPS) is 10.5. The third kappa shape index (κ3) is 2.89. The number of carboxylic acids is 1. The SMILES string of the molecule is O=C(O)c1ccc(CNc2cccc(-n3cnnn3)c2)o1. The number of nitrogens with one attached hydrogen (secondary N) is 1.